The Labute approximate surface area is 75.5 Å². The van der Waals surface area contributed by atoms with E-state index in [1.165, 1.54) is 0 Å². The number of aliphatic imine (C=N–C) groups is 1. The van der Waals surface area contributed by atoms with E-state index < -0.39 is 12.2 Å². The van der Waals surface area contributed by atoms with Crippen molar-refractivity contribution in [2.75, 3.05) is 0 Å². The van der Waals surface area contributed by atoms with Crippen LogP contribution in [0, 0.1) is 5.92 Å². The summed E-state index contributed by atoms with van der Waals surface area (Å²) in [6.07, 6.45) is 3.77. The predicted molar refractivity (Wildman–Crippen MR) is 45.6 cm³/mol. The normalized spacial score (nSPS) is 57.1. The Morgan fingerprint density at radius 2 is 2.00 bits per heavy atom. The van der Waals surface area contributed by atoms with Gasteiger partial charge in [-0.1, -0.05) is 6.08 Å². The van der Waals surface area contributed by atoms with Gasteiger partial charge in [0.2, 0.25) is 0 Å². The summed E-state index contributed by atoms with van der Waals surface area (Å²) in [5.74, 6) is -0.0799. The summed E-state index contributed by atoms with van der Waals surface area (Å²) in [4.78, 5) is 4.25. The van der Waals surface area contributed by atoms with Gasteiger partial charge >= 0.3 is 0 Å². The van der Waals surface area contributed by atoms with Crippen molar-refractivity contribution in [3.05, 3.63) is 12.2 Å². The minimum atomic E-state index is -0.746. The van der Waals surface area contributed by atoms with E-state index in [2.05, 4.69) is 4.99 Å². The summed E-state index contributed by atoms with van der Waals surface area (Å²) >= 11 is 0. The summed E-state index contributed by atoms with van der Waals surface area (Å²) in [5.41, 5.74) is 0. The first-order valence-corrected chi connectivity index (χ1v) is 4.50. The molecule has 0 radical (unpaired) electrons. The minimum Gasteiger partial charge on any atom is -0.390 e. The molecule has 2 aliphatic heterocycles. The van der Waals surface area contributed by atoms with Gasteiger partial charge in [0.15, 0.2) is 0 Å². The molecule has 3 rings (SSSR count). The number of dihydropyridines is 1. The third-order valence-corrected chi connectivity index (χ3v) is 3.05. The smallest absolute Gasteiger partial charge is 0.115 e. The Balaban J connectivity index is 1.93. The topological polar surface area (TPSA) is 65.3 Å². The molecule has 6 atom stereocenters. The molecule has 0 aromatic carbocycles. The molecule has 70 valence electrons. The molecule has 0 amide bonds. The minimum absolute atomic E-state index is 0.00778. The van der Waals surface area contributed by atoms with Gasteiger partial charge in [-0.15, -0.1) is 0 Å². The quantitative estimate of drug-likeness (QED) is 0.477. The number of ether oxygens (including phenoxy) is 1. The van der Waals surface area contributed by atoms with Gasteiger partial charge < -0.3 is 14.9 Å². The fourth-order valence-corrected chi connectivity index (χ4v) is 2.27. The van der Waals surface area contributed by atoms with Crippen LogP contribution >= 0.6 is 0 Å². The zero-order valence-corrected chi connectivity index (χ0v) is 6.95. The van der Waals surface area contributed by atoms with E-state index in [0.29, 0.717) is 0 Å². The van der Waals surface area contributed by atoms with Crippen LogP contribution < -0.4 is 0 Å². The van der Waals surface area contributed by atoms with Gasteiger partial charge in [0, 0.05) is 12.1 Å². The van der Waals surface area contributed by atoms with Gasteiger partial charge in [-0.05, 0) is 6.08 Å². The first kappa shape index (κ1) is 7.67. The second kappa shape index (κ2) is 2.41. The van der Waals surface area contributed by atoms with Crippen molar-refractivity contribution in [3.8, 4) is 0 Å². The highest BCUT2D eigenvalue weighted by Crippen LogP contribution is 2.42. The van der Waals surface area contributed by atoms with Crippen molar-refractivity contribution in [1.29, 1.82) is 0 Å². The van der Waals surface area contributed by atoms with Crippen LogP contribution in [0.25, 0.3) is 0 Å². The number of nitrogens with zero attached hydrogens (tertiary/aromatic N) is 1. The molecule has 13 heavy (non-hydrogen) atoms. The van der Waals surface area contributed by atoms with E-state index in [1.54, 1.807) is 12.3 Å². The van der Waals surface area contributed by atoms with E-state index in [4.69, 9.17) is 4.74 Å². The molecule has 0 bridgehead atoms. The highest BCUT2D eigenvalue weighted by molar-refractivity contribution is 5.72. The first-order chi connectivity index (χ1) is 6.29. The van der Waals surface area contributed by atoms with E-state index in [1.807, 2.05) is 6.08 Å². The lowest BCUT2D eigenvalue weighted by molar-refractivity contribution is -0.0298. The standard InChI is InChI=1S/C9H11NO3/c11-6-4-2-1-3-10-5(4)8-9(13-8)7(6)12/h1-9,11-12H/t4?,5?,6-,7+,8-,9+/m1/s1. The molecule has 2 fully saturated rings. The predicted octanol–water partition coefficient (Wildman–Crippen LogP) is -0.885. The molecule has 1 saturated carbocycles. The highest BCUT2D eigenvalue weighted by Gasteiger charge is 2.59. The number of allylic oxidation sites excluding steroid dienone is 1. The molecule has 3 aliphatic rings. The Morgan fingerprint density at radius 1 is 1.15 bits per heavy atom. The van der Waals surface area contributed by atoms with Crippen molar-refractivity contribution in [2.24, 2.45) is 10.9 Å². The lowest BCUT2D eigenvalue weighted by atomic mass is 9.79. The third-order valence-electron chi connectivity index (χ3n) is 3.05. The second-order valence-corrected chi connectivity index (χ2v) is 3.80. The molecule has 0 spiro atoms. The first-order valence-electron chi connectivity index (χ1n) is 4.50. The van der Waals surface area contributed by atoms with Gasteiger partial charge in [-0.2, -0.15) is 0 Å². The van der Waals surface area contributed by atoms with Crippen LogP contribution in [-0.2, 0) is 4.74 Å². The average molecular weight is 181 g/mol. The number of hydrogen-bond donors (Lipinski definition) is 2. The fourth-order valence-electron chi connectivity index (χ4n) is 2.27. The fraction of sp³-hybridized carbons (Fsp3) is 0.667. The Morgan fingerprint density at radius 3 is 2.85 bits per heavy atom. The molecule has 2 unspecified atom stereocenters. The van der Waals surface area contributed by atoms with E-state index in [9.17, 15) is 10.2 Å². The number of hydrogen-bond acceptors (Lipinski definition) is 4. The number of aliphatic hydroxyl groups excluding tert-OH is 2. The van der Waals surface area contributed by atoms with Crippen LogP contribution in [0.2, 0.25) is 0 Å². The Kier molecular flexibility index (Phi) is 1.42. The number of rotatable bonds is 0. The monoisotopic (exact) mass is 181 g/mol. The van der Waals surface area contributed by atoms with Crippen molar-refractivity contribution >= 4 is 6.21 Å². The molecule has 2 N–H and O–H groups in total. The zero-order chi connectivity index (χ0) is 9.00. The number of aliphatic hydroxyl groups is 2. The van der Waals surface area contributed by atoms with Gasteiger partial charge in [0.1, 0.15) is 18.3 Å². The van der Waals surface area contributed by atoms with Crippen LogP contribution in [0.3, 0.4) is 0 Å². The molecule has 1 aliphatic carbocycles. The molecular weight excluding hydrogens is 170 g/mol. The number of fused-ring (bicyclic) bond motifs is 3. The van der Waals surface area contributed by atoms with Crippen LogP contribution in [0.4, 0.5) is 0 Å². The Bertz CT molecular complexity index is 289. The second-order valence-electron chi connectivity index (χ2n) is 3.80. The lowest BCUT2D eigenvalue weighted by Gasteiger charge is -2.32. The maximum atomic E-state index is 9.71. The Hall–Kier alpha value is -0.710. The van der Waals surface area contributed by atoms with Crippen molar-refractivity contribution in [3.63, 3.8) is 0 Å². The largest absolute Gasteiger partial charge is 0.390 e. The molecule has 2 heterocycles. The average Bonchev–Trinajstić information content (AvgIpc) is 2.94. The van der Waals surface area contributed by atoms with Crippen LogP contribution in [0.1, 0.15) is 0 Å². The summed E-state index contributed by atoms with van der Waals surface area (Å²) in [7, 11) is 0. The summed E-state index contributed by atoms with van der Waals surface area (Å²) in [6.45, 7) is 0. The van der Waals surface area contributed by atoms with Gasteiger partial charge in [-0.3, -0.25) is 4.99 Å². The molecule has 0 aromatic rings. The van der Waals surface area contributed by atoms with Gasteiger partial charge in [-0.25, -0.2) is 0 Å². The van der Waals surface area contributed by atoms with E-state index >= 15 is 0 Å². The van der Waals surface area contributed by atoms with Crippen LogP contribution in [0.15, 0.2) is 17.1 Å². The SMILES string of the molecule is O[C@@H]1[C@@H]2O[C@@H]2C2N=CC=CC2[C@H]1O. The van der Waals surface area contributed by atoms with Crippen molar-refractivity contribution < 1.29 is 14.9 Å². The zero-order valence-electron chi connectivity index (χ0n) is 6.95. The molecule has 1 saturated heterocycles. The molecular formula is C9H11NO3. The van der Waals surface area contributed by atoms with Crippen molar-refractivity contribution in [2.45, 2.75) is 30.5 Å². The maximum absolute atomic E-state index is 9.71. The van der Waals surface area contributed by atoms with Crippen LogP contribution in [0.5, 0.6) is 0 Å². The van der Waals surface area contributed by atoms with Crippen molar-refractivity contribution in [1.82, 2.24) is 0 Å². The molecule has 4 nitrogen and oxygen atoms in total. The van der Waals surface area contributed by atoms with Crippen LogP contribution in [-0.4, -0.2) is 46.9 Å². The molecule has 0 aromatic heterocycles. The lowest BCUT2D eigenvalue weighted by Crippen LogP contribution is -2.49. The number of epoxide rings is 1. The van der Waals surface area contributed by atoms with Gasteiger partial charge in [0.05, 0.1) is 12.1 Å². The summed E-state index contributed by atoms with van der Waals surface area (Å²) in [6, 6.07) is 0.00778. The van der Waals surface area contributed by atoms with Gasteiger partial charge in [0.25, 0.3) is 0 Å². The third kappa shape index (κ3) is 0.935. The maximum Gasteiger partial charge on any atom is 0.115 e. The summed E-state index contributed by atoms with van der Waals surface area (Å²) in [5, 5.41) is 19.3. The summed E-state index contributed by atoms with van der Waals surface area (Å²) < 4.78 is 5.27. The highest BCUT2D eigenvalue weighted by atomic mass is 16.6. The van der Waals surface area contributed by atoms with E-state index in [0.717, 1.165) is 0 Å². The van der Waals surface area contributed by atoms with E-state index in [-0.39, 0.29) is 24.2 Å². The molecule has 4 heteroatoms.